The molecule has 3 aromatic rings. The van der Waals surface area contributed by atoms with Crippen molar-refractivity contribution in [1.29, 1.82) is 0 Å². The number of amides is 2. The van der Waals surface area contributed by atoms with Crippen molar-refractivity contribution < 1.29 is 18.4 Å². The number of aromatic nitrogens is 2. The van der Waals surface area contributed by atoms with Gasteiger partial charge in [0.15, 0.2) is 5.78 Å². The Kier molecular flexibility index (Phi) is 5.87. The number of benzene rings is 2. The minimum Gasteiger partial charge on any atom is -0.327 e. The highest BCUT2D eigenvalue weighted by molar-refractivity contribution is 6.00. The third-order valence-corrected chi connectivity index (χ3v) is 5.46. The molecule has 1 N–H and O–H groups in total. The molecule has 2 amide bonds. The number of aryl methyl sites for hydroxylation is 1. The van der Waals surface area contributed by atoms with E-state index < -0.39 is 29.3 Å². The molecule has 1 aliphatic heterocycles. The topological polar surface area (TPSA) is 84.3 Å². The molecule has 2 aromatic carbocycles. The number of nitrogens with one attached hydrogen (secondary N) is 1. The molecule has 0 aliphatic carbocycles. The van der Waals surface area contributed by atoms with Crippen LogP contribution in [0.5, 0.6) is 0 Å². The van der Waals surface area contributed by atoms with Gasteiger partial charge in [-0.25, -0.2) is 13.6 Å². The van der Waals surface area contributed by atoms with Crippen LogP contribution in [0.1, 0.15) is 22.7 Å². The fourth-order valence-electron chi connectivity index (χ4n) is 3.67. The standard InChI is InChI=1S/C24H20F2N4O3/c1-14-10-19(26)20(30-22(32)4-3-9-27-30)11-16(14)12-21(31)18-13-29(2)24(33)28-23(18)15-5-7-17(25)8-6-15/h3-11,13,23H,12H2,1-2H3,(H,28,33)/t23-/m0/s1. The lowest BCUT2D eigenvalue weighted by Gasteiger charge is -2.30. The number of rotatable bonds is 5. The van der Waals surface area contributed by atoms with Gasteiger partial charge in [-0.3, -0.25) is 9.59 Å². The van der Waals surface area contributed by atoms with E-state index in [-0.39, 0.29) is 17.9 Å². The predicted octanol–water partition coefficient (Wildman–Crippen LogP) is 3.21. The highest BCUT2D eigenvalue weighted by atomic mass is 19.1. The first-order chi connectivity index (χ1) is 15.7. The Morgan fingerprint density at radius 1 is 1.12 bits per heavy atom. The van der Waals surface area contributed by atoms with Crippen LogP contribution in [0.4, 0.5) is 13.6 Å². The molecule has 1 aliphatic rings. The molecular formula is C24H20F2N4O3. The number of urea groups is 1. The lowest BCUT2D eigenvalue weighted by atomic mass is 9.91. The summed E-state index contributed by atoms with van der Waals surface area (Å²) in [5.74, 6) is -1.39. The summed E-state index contributed by atoms with van der Waals surface area (Å²) in [6.45, 7) is 1.66. The highest BCUT2D eigenvalue weighted by Gasteiger charge is 2.30. The molecule has 0 fully saturated rings. The average molecular weight is 450 g/mol. The van der Waals surface area contributed by atoms with Crippen LogP contribution in [0, 0.1) is 18.6 Å². The van der Waals surface area contributed by atoms with Gasteiger partial charge in [0, 0.05) is 37.5 Å². The van der Waals surface area contributed by atoms with Crippen molar-refractivity contribution in [3.63, 3.8) is 0 Å². The van der Waals surface area contributed by atoms with E-state index >= 15 is 0 Å². The number of Topliss-reactive ketones (excluding diaryl/α,β-unsaturated/α-hetero) is 1. The molecule has 0 saturated carbocycles. The lowest BCUT2D eigenvalue weighted by Crippen LogP contribution is -2.43. The van der Waals surface area contributed by atoms with Crippen LogP contribution in [-0.2, 0) is 11.2 Å². The minimum atomic E-state index is -0.763. The fourth-order valence-corrected chi connectivity index (χ4v) is 3.67. The zero-order chi connectivity index (χ0) is 23.7. The van der Waals surface area contributed by atoms with Crippen molar-refractivity contribution in [3.05, 3.63) is 105 Å². The summed E-state index contributed by atoms with van der Waals surface area (Å²) in [4.78, 5) is 38.9. The monoisotopic (exact) mass is 450 g/mol. The summed E-state index contributed by atoms with van der Waals surface area (Å²) >= 11 is 0. The van der Waals surface area contributed by atoms with Crippen LogP contribution in [0.2, 0.25) is 0 Å². The van der Waals surface area contributed by atoms with Crippen LogP contribution in [0.15, 0.2) is 71.3 Å². The molecule has 0 radical (unpaired) electrons. The molecule has 0 saturated heterocycles. The molecule has 1 aromatic heterocycles. The van der Waals surface area contributed by atoms with Gasteiger partial charge in [-0.2, -0.15) is 9.78 Å². The maximum atomic E-state index is 14.6. The van der Waals surface area contributed by atoms with Gasteiger partial charge in [0.05, 0.1) is 6.04 Å². The zero-order valence-electron chi connectivity index (χ0n) is 17.9. The summed E-state index contributed by atoms with van der Waals surface area (Å²) in [7, 11) is 1.51. The number of carbonyl (C=O) groups is 2. The van der Waals surface area contributed by atoms with Crippen LogP contribution in [-0.4, -0.2) is 33.5 Å². The number of ketones is 1. The first kappa shape index (κ1) is 22.1. The van der Waals surface area contributed by atoms with Gasteiger partial charge in [-0.1, -0.05) is 12.1 Å². The number of halogens is 2. The maximum Gasteiger partial charge on any atom is 0.321 e. The number of carbonyl (C=O) groups excluding carboxylic acids is 2. The Morgan fingerprint density at radius 2 is 1.85 bits per heavy atom. The average Bonchev–Trinajstić information content (AvgIpc) is 2.78. The van der Waals surface area contributed by atoms with E-state index in [1.807, 2.05) is 0 Å². The van der Waals surface area contributed by atoms with Crippen LogP contribution >= 0.6 is 0 Å². The molecule has 33 heavy (non-hydrogen) atoms. The molecule has 0 spiro atoms. The van der Waals surface area contributed by atoms with E-state index in [4.69, 9.17) is 0 Å². The molecule has 0 bridgehead atoms. The normalized spacial score (nSPS) is 15.8. The Labute approximate surface area is 188 Å². The fraction of sp³-hybridized carbons (Fsp3) is 0.167. The van der Waals surface area contributed by atoms with Crippen LogP contribution in [0.3, 0.4) is 0 Å². The van der Waals surface area contributed by atoms with E-state index in [0.29, 0.717) is 22.3 Å². The smallest absolute Gasteiger partial charge is 0.321 e. The Hall–Kier alpha value is -4.14. The van der Waals surface area contributed by atoms with Gasteiger partial charge in [-0.05, 0) is 53.9 Å². The number of nitrogens with zero attached hydrogens (tertiary/aromatic N) is 3. The van der Waals surface area contributed by atoms with E-state index in [2.05, 4.69) is 10.4 Å². The van der Waals surface area contributed by atoms with Gasteiger partial charge in [0.2, 0.25) is 0 Å². The Balaban J connectivity index is 1.70. The summed E-state index contributed by atoms with van der Waals surface area (Å²) in [5, 5.41) is 6.66. The van der Waals surface area contributed by atoms with Crippen molar-refractivity contribution in [2.24, 2.45) is 0 Å². The maximum absolute atomic E-state index is 14.6. The molecular weight excluding hydrogens is 430 g/mol. The molecule has 0 unspecified atom stereocenters. The third kappa shape index (κ3) is 4.43. The molecule has 1 atom stereocenters. The predicted molar refractivity (Wildman–Crippen MR) is 117 cm³/mol. The second-order valence-corrected chi connectivity index (χ2v) is 7.73. The first-order valence-corrected chi connectivity index (χ1v) is 10.1. The molecule has 4 rings (SSSR count). The second-order valence-electron chi connectivity index (χ2n) is 7.73. The SMILES string of the molecule is Cc1cc(F)c(-n2ncccc2=O)cc1CC(=O)C1=CN(C)C(=O)N[C@H]1c1ccc(F)cc1. The van der Waals surface area contributed by atoms with Gasteiger partial charge in [0.25, 0.3) is 5.56 Å². The Bertz CT molecular complexity index is 1330. The van der Waals surface area contributed by atoms with Gasteiger partial charge in [-0.15, -0.1) is 0 Å². The van der Waals surface area contributed by atoms with E-state index in [9.17, 15) is 23.2 Å². The first-order valence-electron chi connectivity index (χ1n) is 10.1. The molecule has 9 heteroatoms. The van der Waals surface area contributed by atoms with Crippen molar-refractivity contribution in [3.8, 4) is 5.69 Å². The van der Waals surface area contributed by atoms with Crippen LogP contribution < -0.4 is 10.9 Å². The van der Waals surface area contributed by atoms with Gasteiger partial charge >= 0.3 is 6.03 Å². The summed E-state index contributed by atoms with van der Waals surface area (Å²) in [6.07, 6.45) is 2.70. The van der Waals surface area contributed by atoms with Gasteiger partial charge < -0.3 is 10.2 Å². The third-order valence-electron chi connectivity index (χ3n) is 5.46. The Morgan fingerprint density at radius 3 is 2.55 bits per heavy atom. The van der Waals surface area contributed by atoms with Crippen molar-refractivity contribution in [1.82, 2.24) is 20.0 Å². The second kappa shape index (κ2) is 8.78. The van der Waals surface area contributed by atoms with E-state index in [0.717, 1.165) is 4.68 Å². The summed E-state index contributed by atoms with van der Waals surface area (Å²) < 4.78 is 28.9. The molecule has 2 heterocycles. The van der Waals surface area contributed by atoms with Crippen molar-refractivity contribution in [2.75, 3.05) is 7.05 Å². The highest BCUT2D eigenvalue weighted by Crippen LogP contribution is 2.28. The minimum absolute atomic E-state index is 0.0628. The zero-order valence-corrected chi connectivity index (χ0v) is 17.9. The van der Waals surface area contributed by atoms with E-state index in [1.165, 1.54) is 72.9 Å². The molecule has 168 valence electrons. The van der Waals surface area contributed by atoms with Crippen molar-refractivity contribution in [2.45, 2.75) is 19.4 Å². The lowest BCUT2D eigenvalue weighted by molar-refractivity contribution is -0.115. The van der Waals surface area contributed by atoms with Crippen LogP contribution in [0.25, 0.3) is 5.69 Å². The van der Waals surface area contributed by atoms with Crippen molar-refractivity contribution >= 4 is 11.8 Å². The number of hydrogen-bond acceptors (Lipinski definition) is 4. The summed E-state index contributed by atoms with van der Waals surface area (Å²) in [5.41, 5.74) is 1.31. The van der Waals surface area contributed by atoms with E-state index in [1.54, 1.807) is 6.92 Å². The summed E-state index contributed by atoms with van der Waals surface area (Å²) in [6, 6.07) is 9.72. The van der Waals surface area contributed by atoms with Gasteiger partial charge in [0.1, 0.15) is 17.3 Å². The largest absolute Gasteiger partial charge is 0.327 e. The quantitative estimate of drug-likeness (QED) is 0.647. The molecule has 7 nitrogen and oxygen atoms in total. The number of hydrogen-bond donors (Lipinski definition) is 1.